The molecule has 0 spiro atoms. The number of halogens is 2. The first-order valence-corrected chi connectivity index (χ1v) is 10.9. The van der Waals surface area contributed by atoms with Crippen LogP contribution >= 0.6 is 11.3 Å². The molecule has 0 aliphatic carbocycles. The number of aromatic hydroxyl groups is 1. The molecule has 2 atom stereocenters. The number of fused-ring (bicyclic) bond motifs is 2. The third-order valence-electron chi connectivity index (χ3n) is 5.84. The number of thiazole rings is 1. The SMILES string of the molecule is C[C@H]1CCO[C@@H]2Cn3cc(-c4ncc(Cc5ccc(F)cc5F)s4)c(=O)c(O)c3C(=O)N12. The standard InChI is InChI=1S/C22H19F2N3O4S/c1-11-4-5-31-17-10-26-9-15(19(28)20(29)18(26)22(30)27(11)17)21-25-8-14(32-21)6-12-2-3-13(23)7-16(12)24/h2-3,7-9,11,17,29H,4-6,10H2,1H3/t11-,17+/m0/s1. The van der Waals surface area contributed by atoms with Crippen molar-refractivity contribution >= 4 is 17.2 Å². The molecule has 3 aromatic rings. The van der Waals surface area contributed by atoms with Gasteiger partial charge < -0.3 is 19.3 Å². The fraction of sp³-hybridized carbons (Fsp3) is 0.318. The van der Waals surface area contributed by atoms with Crippen LogP contribution in [0.5, 0.6) is 5.75 Å². The molecular formula is C22H19F2N3O4S. The van der Waals surface area contributed by atoms with Gasteiger partial charge in [0.05, 0.1) is 18.7 Å². The molecule has 4 heterocycles. The van der Waals surface area contributed by atoms with Crippen molar-refractivity contribution in [2.75, 3.05) is 6.61 Å². The Morgan fingerprint density at radius 1 is 1.31 bits per heavy atom. The van der Waals surface area contributed by atoms with Crippen molar-refractivity contribution in [2.24, 2.45) is 0 Å². The number of amides is 1. The third-order valence-corrected chi connectivity index (χ3v) is 6.87. The Hall–Kier alpha value is -3.11. The molecule has 166 valence electrons. The van der Waals surface area contributed by atoms with Crippen molar-refractivity contribution in [1.29, 1.82) is 0 Å². The summed E-state index contributed by atoms with van der Waals surface area (Å²) >= 11 is 1.17. The largest absolute Gasteiger partial charge is 0.503 e. The van der Waals surface area contributed by atoms with Crippen LogP contribution in [0.1, 0.15) is 34.3 Å². The Morgan fingerprint density at radius 2 is 2.12 bits per heavy atom. The molecule has 0 saturated carbocycles. The van der Waals surface area contributed by atoms with Crippen LogP contribution in [-0.4, -0.2) is 44.3 Å². The van der Waals surface area contributed by atoms with Crippen LogP contribution in [0.25, 0.3) is 10.6 Å². The second-order valence-electron chi connectivity index (χ2n) is 7.94. The fourth-order valence-corrected chi connectivity index (χ4v) is 5.12. The predicted molar refractivity (Wildman–Crippen MR) is 113 cm³/mol. The molecule has 1 fully saturated rings. The fourth-order valence-electron chi connectivity index (χ4n) is 4.18. The van der Waals surface area contributed by atoms with Crippen molar-refractivity contribution in [1.82, 2.24) is 14.5 Å². The van der Waals surface area contributed by atoms with Crippen molar-refractivity contribution in [3.63, 3.8) is 0 Å². The highest BCUT2D eigenvalue weighted by molar-refractivity contribution is 7.15. The Bertz CT molecular complexity index is 1290. The summed E-state index contributed by atoms with van der Waals surface area (Å²) in [5, 5.41) is 10.9. The molecule has 1 aromatic carbocycles. The van der Waals surface area contributed by atoms with Crippen LogP contribution in [0.4, 0.5) is 8.78 Å². The Kier molecular flexibility index (Phi) is 5.06. The summed E-state index contributed by atoms with van der Waals surface area (Å²) in [4.78, 5) is 32.4. The van der Waals surface area contributed by atoms with Gasteiger partial charge in [-0.3, -0.25) is 9.59 Å². The summed E-state index contributed by atoms with van der Waals surface area (Å²) in [7, 11) is 0. The van der Waals surface area contributed by atoms with E-state index in [4.69, 9.17) is 4.74 Å². The summed E-state index contributed by atoms with van der Waals surface area (Å²) in [6, 6.07) is 3.31. The van der Waals surface area contributed by atoms with Crippen LogP contribution < -0.4 is 5.43 Å². The number of rotatable bonds is 3. The maximum atomic E-state index is 14.0. The second kappa shape index (κ2) is 7.79. The van der Waals surface area contributed by atoms with Crippen molar-refractivity contribution in [3.05, 3.63) is 68.6 Å². The van der Waals surface area contributed by atoms with Gasteiger partial charge >= 0.3 is 0 Å². The molecule has 5 rings (SSSR count). The lowest BCUT2D eigenvalue weighted by atomic mass is 10.1. The summed E-state index contributed by atoms with van der Waals surface area (Å²) in [5.41, 5.74) is -0.298. The average Bonchev–Trinajstić information content (AvgIpc) is 3.21. The molecule has 2 aromatic heterocycles. The molecule has 2 aliphatic rings. The van der Waals surface area contributed by atoms with Gasteiger partial charge in [-0.05, 0) is 25.0 Å². The van der Waals surface area contributed by atoms with Gasteiger partial charge in [-0.25, -0.2) is 13.8 Å². The van der Waals surface area contributed by atoms with Crippen molar-refractivity contribution in [2.45, 2.75) is 38.6 Å². The zero-order chi connectivity index (χ0) is 22.6. The molecule has 2 aliphatic heterocycles. The van der Waals surface area contributed by atoms with Gasteiger partial charge in [-0.15, -0.1) is 11.3 Å². The average molecular weight is 459 g/mol. The number of ether oxygens (including phenoxy) is 1. The lowest BCUT2D eigenvalue weighted by Crippen LogP contribution is -2.56. The predicted octanol–water partition coefficient (Wildman–Crippen LogP) is 3.14. The number of hydrogen-bond acceptors (Lipinski definition) is 6. The van der Waals surface area contributed by atoms with Gasteiger partial charge in [0.1, 0.15) is 16.6 Å². The minimum Gasteiger partial charge on any atom is -0.503 e. The van der Waals surface area contributed by atoms with E-state index >= 15 is 0 Å². The smallest absolute Gasteiger partial charge is 0.276 e. The first-order valence-electron chi connectivity index (χ1n) is 10.1. The minimum absolute atomic E-state index is 0.0578. The first kappa shape index (κ1) is 20.8. The van der Waals surface area contributed by atoms with Gasteiger partial charge in [0.2, 0.25) is 5.43 Å². The summed E-state index contributed by atoms with van der Waals surface area (Å²) in [6.07, 6.45) is 3.42. The number of aromatic nitrogens is 2. The Balaban J connectivity index is 1.50. The molecule has 10 heteroatoms. The van der Waals surface area contributed by atoms with Gasteiger partial charge in [0.15, 0.2) is 17.7 Å². The van der Waals surface area contributed by atoms with Crippen molar-refractivity contribution < 1.29 is 23.4 Å². The summed E-state index contributed by atoms with van der Waals surface area (Å²) in [6.45, 7) is 2.72. The summed E-state index contributed by atoms with van der Waals surface area (Å²) in [5.74, 6) is -2.37. The van der Waals surface area contributed by atoms with E-state index in [0.717, 1.165) is 6.07 Å². The maximum absolute atomic E-state index is 14.0. The molecular weight excluding hydrogens is 440 g/mol. The number of benzene rings is 1. The van der Waals surface area contributed by atoms with Crippen molar-refractivity contribution in [3.8, 4) is 16.3 Å². The number of hydrogen-bond donors (Lipinski definition) is 1. The number of pyridine rings is 1. The van der Waals surface area contributed by atoms with Gasteiger partial charge in [0, 0.05) is 35.8 Å². The minimum atomic E-state index is -0.692. The van der Waals surface area contributed by atoms with Gasteiger partial charge in [0.25, 0.3) is 5.91 Å². The van der Waals surface area contributed by atoms with Crippen LogP contribution in [0.2, 0.25) is 0 Å². The van der Waals surface area contributed by atoms with Crippen LogP contribution in [0, 0.1) is 11.6 Å². The quantitative estimate of drug-likeness (QED) is 0.651. The molecule has 0 bridgehead atoms. The molecule has 1 saturated heterocycles. The molecule has 32 heavy (non-hydrogen) atoms. The normalized spacial score (nSPS) is 20.2. The molecule has 0 radical (unpaired) electrons. The Labute approximate surface area is 185 Å². The van der Waals surface area contributed by atoms with Crippen LogP contribution in [-0.2, 0) is 17.7 Å². The maximum Gasteiger partial charge on any atom is 0.276 e. The first-order chi connectivity index (χ1) is 15.3. The lowest BCUT2D eigenvalue weighted by Gasteiger charge is -2.44. The zero-order valence-corrected chi connectivity index (χ0v) is 17.9. The third kappa shape index (κ3) is 3.39. The van der Waals surface area contributed by atoms with Crippen LogP contribution in [0.3, 0.4) is 0 Å². The van der Waals surface area contributed by atoms with Crippen LogP contribution in [0.15, 0.2) is 35.4 Å². The van der Waals surface area contributed by atoms with E-state index in [1.165, 1.54) is 40.4 Å². The topological polar surface area (TPSA) is 84.7 Å². The van der Waals surface area contributed by atoms with E-state index < -0.39 is 34.9 Å². The second-order valence-corrected chi connectivity index (χ2v) is 9.06. The highest BCUT2D eigenvalue weighted by Crippen LogP contribution is 2.32. The molecule has 7 nitrogen and oxygen atoms in total. The Morgan fingerprint density at radius 3 is 2.91 bits per heavy atom. The monoisotopic (exact) mass is 459 g/mol. The number of nitrogens with zero attached hydrogens (tertiary/aromatic N) is 3. The van der Waals surface area contributed by atoms with E-state index in [1.807, 2.05) is 6.92 Å². The van der Waals surface area contributed by atoms with E-state index in [1.54, 1.807) is 4.90 Å². The molecule has 1 amide bonds. The summed E-state index contributed by atoms with van der Waals surface area (Å²) < 4.78 is 34.4. The van der Waals surface area contributed by atoms with E-state index in [2.05, 4.69) is 4.98 Å². The van der Waals surface area contributed by atoms with Gasteiger partial charge in [-0.2, -0.15) is 0 Å². The molecule has 0 unspecified atom stereocenters. The highest BCUT2D eigenvalue weighted by atomic mass is 32.1. The van der Waals surface area contributed by atoms with E-state index in [9.17, 15) is 23.5 Å². The zero-order valence-electron chi connectivity index (χ0n) is 17.0. The van der Waals surface area contributed by atoms with Gasteiger partial charge in [-0.1, -0.05) is 6.07 Å². The number of carbonyl (C=O) groups excluding carboxylic acids is 1. The van der Waals surface area contributed by atoms with E-state index in [-0.39, 0.29) is 30.3 Å². The molecule has 1 N–H and O–H groups in total. The van der Waals surface area contributed by atoms with E-state index in [0.29, 0.717) is 28.5 Å². The lowest BCUT2D eigenvalue weighted by molar-refractivity contribution is -0.112. The number of carbonyl (C=O) groups is 1. The highest BCUT2D eigenvalue weighted by Gasteiger charge is 2.40.